The molecule has 0 aliphatic heterocycles. The van der Waals surface area contributed by atoms with Crippen LogP contribution in [-0.2, 0) is 14.0 Å². The van der Waals surface area contributed by atoms with Crippen LogP contribution in [-0.4, -0.2) is 83.9 Å². The van der Waals surface area contributed by atoms with Gasteiger partial charge in [0.2, 0.25) is 0 Å². The van der Waals surface area contributed by atoms with Crippen LogP contribution < -0.4 is 0 Å². The molecule has 3 rings (SSSR count). The van der Waals surface area contributed by atoms with E-state index in [2.05, 4.69) is 130 Å². The number of hydrogen-bond acceptors (Lipinski definition) is 6. The summed E-state index contributed by atoms with van der Waals surface area (Å²) in [7, 11) is 11.7. The number of nitrogens with zero attached hydrogens (tertiary/aromatic N) is 3. The summed E-state index contributed by atoms with van der Waals surface area (Å²) in [6, 6.07) is 31.2. The Labute approximate surface area is 243 Å². The molecule has 0 aliphatic carbocycles. The minimum absolute atomic E-state index is 0.177. The summed E-state index contributed by atoms with van der Waals surface area (Å²) >= 11 is 0. The second-order valence-electron chi connectivity index (χ2n) is 11.2. The molecule has 0 fully saturated rings. The summed E-state index contributed by atoms with van der Waals surface area (Å²) < 4.78 is 20.4. The van der Waals surface area contributed by atoms with Crippen LogP contribution >= 0.6 is 0 Å². The van der Waals surface area contributed by atoms with Gasteiger partial charge < -0.3 is 28.7 Å². The predicted molar refractivity (Wildman–Crippen MR) is 166 cm³/mol. The highest BCUT2D eigenvalue weighted by Gasteiger charge is 2.34. The minimum Gasteiger partial charge on any atom is -0.379 e. The maximum Gasteiger partial charge on any atom is 0.640 e. The van der Waals surface area contributed by atoms with Gasteiger partial charge in [0, 0.05) is 19.6 Å². The molecule has 3 atom stereocenters. The normalized spacial score (nSPS) is 14.0. The molecule has 0 amide bonds. The lowest BCUT2D eigenvalue weighted by atomic mass is 10.00. The van der Waals surface area contributed by atoms with E-state index in [4.69, 9.17) is 14.0 Å². The maximum atomic E-state index is 6.81. The molecule has 6 nitrogen and oxygen atoms in total. The van der Waals surface area contributed by atoms with Crippen LogP contribution in [0, 0.1) is 0 Å². The molecule has 0 spiro atoms. The topological polar surface area (TPSA) is 37.4 Å². The Bertz CT molecular complexity index is 918. The van der Waals surface area contributed by atoms with Crippen LogP contribution in [0.15, 0.2) is 91.0 Å². The highest BCUT2D eigenvalue weighted by molar-refractivity contribution is 6.36. The Balaban J connectivity index is 1.94. The van der Waals surface area contributed by atoms with Crippen LogP contribution in [0.5, 0.6) is 0 Å². The molecule has 216 valence electrons. The Morgan fingerprint density at radius 3 is 0.925 bits per heavy atom. The van der Waals surface area contributed by atoms with Crippen molar-refractivity contribution in [3.63, 3.8) is 0 Å². The molecule has 40 heavy (non-hydrogen) atoms. The molecule has 0 bridgehead atoms. The van der Waals surface area contributed by atoms with Crippen molar-refractivity contribution in [2.24, 2.45) is 0 Å². The van der Waals surface area contributed by atoms with E-state index < -0.39 is 7.32 Å². The molecule has 0 aromatic heterocycles. The molecule has 7 heteroatoms. The SMILES string of the molecule is CN(C)CCC(OB(OC(CCN(C)C)c1ccccc1)OC(CCN(C)C)c1ccccc1)c1ccccc1. The highest BCUT2D eigenvalue weighted by Crippen LogP contribution is 2.31. The minimum atomic E-state index is -0.855. The lowest BCUT2D eigenvalue weighted by Crippen LogP contribution is -2.34. The van der Waals surface area contributed by atoms with Crippen LogP contribution in [0.1, 0.15) is 54.3 Å². The molecule has 0 saturated heterocycles. The van der Waals surface area contributed by atoms with Gasteiger partial charge in [0.25, 0.3) is 0 Å². The molecule has 3 aromatic carbocycles. The summed E-state index contributed by atoms with van der Waals surface area (Å²) in [4.78, 5) is 6.55. The van der Waals surface area contributed by atoms with E-state index in [1.54, 1.807) is 0 Å². The van der Waals surface area contributed by atoms with Gasteiger partial charge in [-0.15, -0.1) is 0 Å². The molecule has 0 aliphatic rings. The van der Waals surface area contributed by atoms with Crippen molar-refractivity contribution in [3.8, 4) is 0 Å². The van der Waals surface area contributed by atoms with Crippen LogP contribution in [0.4, 0.5) is 0 Å². The van der Waals surface area contributed by atoms with E-state index in [1.165, 1.54) is 0 Å². The summed E-state index contributed by atoms with van der Waals surface area (Å²) in [6.45, 7) is 2.66. The van der Waals surface area contributed by atoms with Gasteiger partial charge in [-0.1, -0.05) is 91.0 Å². The van der Waals surface area contributed by atoms with Gasteiger partial charge in [0.1, 0.15) is 0 Å². The average Bonchev–Trinajstić information content (AvgIpc) is 2.96. The van der Waals surface area contributed by atoms with Crippen molar-refractivity contribution >= 4 is 7.32 Å². The van der Waals surface area contributed by atoms with Crippen molar-refractivity contribution in [1.29, 1.82) is 0 Å². The molecule has 3 unspecified atom stereocenters. The first-order valence-corrected chi connectivity index (χ1v) is 14.4. The van der Waals surface area contributed by atoms with E-state index in [0.29, 0.717) is 0 Å². The first kappa shape index (κ1) is 32.0. The maximum absolute atomic E-state index is 6.81. The average molecular weight is 546 g/mol. The van der Waals surface area contributed by atoms with E-state index in [1.807, 2.05) is 18.2 Å². The summed E-state index contributed by atoms with van der Waals surface area (Å²) in [5.41, 5.74) is 3.36. The number of benzene rings is 3. The third-order valence-corrected chi connectivity index (χ3v) is 6.86. The van der Waals surface area contributed by atoms with Gasteiger partial charge in [-0.3, -0.25) is 0 Å². The Morgan fingerprint density at radius 2 is 0.700 bits per heavy atom. The standard InChI is InChI=1S/C33H48BN3O3/c1-35(2)25-22-31(28-16-10-7-11-17-28)38-34(39-32(23-26-36(3)4)29-18-12-8-13-19-29)40-33(24-27-37(5)6)30-20-14-9-15-21-30/h7-21,31-33H,22-27H2,1-6H3. The largest absolute Gasteiger partial charge is 0.640 e. The molecule has 3 aromatic rings. The van der Waals surface area contributed by atoms with E-state index in [9.17, 15) is 0 Å². The second kappa shape index (κ2) is 17.3. The molecule has 0 heterocycles. The van der Waals surface area contributed by atoms with Gasteiger partial charge in [-0.05, 0) is 78.2 Å². The van der Waals surface area contributed by atoms with Crippen molar-refractivity contribution in [2.75, 3.05) is 61.9 Å². The molecule has 0 radical (unpaired) electrons. The van der Waals surface area contributed by atoms with Crippen molar-refractivity contribution in [1.82, 2.24) is 14.7 Å². The van der Waals surface area contributed by atoms with Crippen molar-refractivity contribution in [2.45, 2.75) is 37.6 Å². The zero-order chi connectivity index (χ0) is 28.7. The van der Waals surface area contributed by atoms with Crippen LogP contribution in [0.25, 0.3) is 0 Å². The summed E-state index contributed by atoms with van der Waals surface area (Å²) in [5.74, 6) is 0. The Hall–Kier alpha value is -2.52. The van der Waals surface area contributed by atoms with Gasteiger partial charge >= 0.3 is 7.32 Å². The molecular formula is C33H48BN3O3. The Morgan fingerprint density at radius 1 is 0.450 bits per heavy atom. The van der Waals surface area contributed by atoms with E-state index in [0.717, 1.165) is 55.6 Å². The van der Waals surface area contributed by atoms with Gasteiger partial charge in [-0.25, -0.2) is 0 Å². The highest BCUT2D eigenvalue weighted by atomic mass is 16.7. The van der Waals surface area contributed by atoms with Crippen molar-refractivity contribution < 1.29 is 14.0 Å². The Kier molecular flexibility index (Phi) is 13.9. The monoisotopic (exact) mass is 545 g/mol. The third kappa shape index (κ3) is 11.5. The van der Waals surface area contributed by atoms with Gasteiger partial charge in [-0.2, -0.15) is 0 Å². The van der Waals surface area contributed by atoms with Crippen molar-refractivity contribution in [3.05, 3.63) is 108 Å². The number of rotatable bonds is 18. The molecule has 0 N–H and O–H groups in total. The second-order valence-corrected chi connectivity index (χ2v) is 11.2. The first-order chi connectivity index (χ1) is 19.3. The van der Waals surface area contributed by atoms with Crippen LogP contribution in [0.3, 0.4) is 0 Å². The zero-order valence-electron chi connectivity index (χ0n) is 25.3. The first-order valence-electron chi connectivity index (χ1n) is 14.4. The quantitative estimate of drug-likeness (QED) is 0.180. The van der Waals surface area contributed by atoms with E-state index >= 15 is 0 Å². The number of hydrogen-bond donors (Lipinski definition) is 0. The van der Waals surface area contributed by atoms with Gasteiger partial charge in [0.05, 0.1) is 18.3 Å². The molecule has 0 saturated carbocycles. The summed E-state index contributed by atoms with van der Waals surface area (Å²) in [5, 5.41) is 0. The fourth-order valence-electron chi connectivity index (χ4n) is 4.57. The van der Waals surface area contributed by atoms with E-state index in [-0.39, 0.29) is 18.3 Å². The fourth-order valence-corrected chi connectivity index (χ4v) is 4.57. The lowest BCUT2D eigenvalue weighted by Gasteiger charge is -2.30. The van der Waals surface area contributed by atoms with Gasteiger partial charge in [0.15, 0.2) is 0 Å². The lowest BCUT2D eigenvalue weighted by molar-refractivity contribution is -0.00388. The summed E-state index contributed by atoms with van der Waals surface area (Å²) in [6.07, 6.45) is 1.93. The smallest absolute Gasteiger partial charge is 0.379 e. The predicted octanol–water partition coefficient (Wildman–Crippen LogP) is 6.10. The fraction of sp³-hybridized carbons (Fsp3) is 0.455. The molecular weight excluding hydrogens is 497 g/mol. The zero-order valence-corrected chi connectivity index (χ0v) is 25.3. The van der Waals surface area contributed by atoms with Crippen LogP contribution in [0.2, 0.25) is 0 Å². The third-order valence-electron chi connectivity index (χ3n) is 6.86.